The first kappa shape index (κ1) is 13.0. The fraction of sp³-hybridized carbons (Fsp3) is 0.385. The maximum Gasteiger partial charge on any atom is 0.252 e. The van der Waals surface area contributed by atoms with E-state index in [1.165, 1.54) is 0 Å². The monoisotopic (exact) mass is 264 g/mol. The summed E-state index contributed by atoms with van der Waals surface area (Å²) in [6.45, 7) is 2.58. The third kappa shape index (κ3) is 3.04. The maximum absolute atomic E-state index is 12.1. The van der Waals surface area contributed by atoms with Gasteiger partial charge in [-0.05, 0) is 17.9 Å². The molecule has 0 aromatic heterocycles. The molecule has 4 nitrogen and oxygen atoms in total. The molecule has 1 saturated heterocycles. The van der Waals surface area contributed by atoms with Crippen LogP contribution in [0.5, 0.6) is 0 Å². The molecular weight excluding hydrogens is 248 g/mol. The molecule has 1 aromatic carbocycles. The standard InChI is InChI=1S/C13H16N2O2S/c1-2-18-11-6-4-3-5-10(11)13(17)15-9-7-12(16)14-8-9/h3-6,9H,2,7-8H2,1H3,(H,14,16)(H,15,17)/t9-/m0/s1. The Balaban J connectivity index is 2.06. The minimum Gasteiger partial charge on any atom is -0.354 e. The second-order valence-electron chi connectivity index (χ2n) is 4.11. The van der Waals surface area contributed by atoms with Gasteiger partial charge in [-0.15, -0.1) is 11.8 Å². The number of carbonyl (C=O) groups is 2. The van der Waals surface area contributed by atoms with Crippen molar-refractivity contribution in [2.24, 2.45) is 0 Å². The van der Waals surface area contributed by atoms with Crippen LogP contribution < -0.4 is 10.6 Å². The molecule has 1 aliphatic heterocycles. The zero-order valence-electron chi connectivity index (χ0n) is 10.2. The minimum absolute atomic E-state index is 0.00322. The molecule has 96 valence electrons. The highest BCUT2D eigenvalue weighted by Crippen LogP contribution is 2.22. The van der Waals surface area contributed by atoms with E-state index in [9.17, 15) is 9.59 Å². The Morgan fingerprint density at radius 2 is 2.28 bits per heavy atom. The van der Waals surface area contributed by atoms with Crippen LogP contribution in [0.2, 0.25) is 0 Å². The summed E-state index contributed by atoms with van der Waals surface area (Å²) in [7, 11) is 0. The van der Waals surface area contributed by atoms with E-state index >= 15 is 0 Å². The molecule has 1 fully saturated rings. The molecule has 1 heterocycles. The minimum atomic E-state index is -0.104. The van der Waals surface area contributed by atoms with Crippen LogP contribution in [0, 0.1) is 0 Å². The summed E-state index contributed by atoms with van der Waals surface area (Å²) in [5.41, 5.74) is 0.684. The molecule has 18 heavy (non-hydrogen) atoms. The summed E-state index contributed by atoms with van der Waals surface area (Å²) in [4.78, 5) is 24.2. The zero-order valence-corrected chi connectivity index (χ0v) is 11.0. The molecule has 5 heteroatoms. The number of hydrogen-bond acceptors (Lipinski definition) is 3. The van der Waals surface area contributed by atoms with Crippen LogP contribution in [0.25, 0.3) is 0 Å². The van der Waals surface area contributed by atoms with E-state index in [1.807, 2.05) is 24.3 Å². The molecule has 1 aromatic rings. The van der Waals surface area contributed by atoms with Gasteiger partial charge in [0.15, 0.2) is 0 Å². The van der Waals surface area contributed by atoms with Crippen molar-refractivity contribution in [3.05, 3.63) is 29.8 Å². The van der Waals surface area contributed by atoms with Gasteiger partial charge in [0.2, 0.25) is 5.91 Å². The van der Waals surface area contributed by atoms with E-state index in [-0.39, 0.29) is 17.9 Å². The van der Waals surface area contributed by atoms with Crippen LogP contribution in [0.15, 0.2) is 29.2 Å². The van der Waals surface area contributed by atoms with Crippen molar-refractivity contribution in [2.75, 3.05) is 12.3 Å². The van der Waals surface area contributed by atoms with Gasteiger partial charge in [-0.2, -0.15) is 0 Å². The average molecular weight is 264 g/mol. The Hall–Kier alpha value is -1.49. The van der Waals surface area contributed by atoms with E-state index < -0.39 is 0 Å². The van der Waals surface area contributed by atoms with Crippen molar-refractivity contribution in [3.63, 3.8) is 0 Å². The zero-order chi connectivity index (χ0) is 13.0. The SMILES string of the molecule is CCSc1ccccc1C(=O)N[C@@H]1CNC(=O)C1. The Morgan fingerprint density at radius 1 is 1.50 bits per heavy atom. The van der Waals surface area contributed by atoms with Gasteiger partial charge in [0.25, 0.3) is 5.91 Å². The summed E-state index contributed by atoms with van der Waals surface area (Å²) in [5.74, 6) is 0.817. The number of nitrogens with one attached hydrogen (secondary N) is 2. The second-order valence-corrected chi connectivity index (χ2v) is 5.41. The first-order chi connectivity index (χ1) is 8.70. The van der Waals surface area contributed by atoms with Crippen LogP contribution in [0.3, 0.4) is 0 Å². The molecule has 0 unspecified atom stereocenters. The largest absolute Gasteiger partial charge is 0.354 e. The van der Waals surface area contributed by atoms with Gasteiger partial charge in [-0.3, -0.25) is 9.59 Å². The molecule has 2 N–H and O–H groups in total. The normalized spacial score (nSPS) is 18.5. The molecule has 1 atom stereocenters. The van der Waals surface area contributed by atoms with E-state index in [0.29, 0.717) is 18.5 Å². The molecule has 0 bridgehead atoms. The second kappa shape index (κ2) is 5.91. The van der Waals surface area contributed by atoms with E-state index in [4.69, 9.17) is 0 Å². The number of hydrogen-bond donors (Lipinski definition) is 2. The third-order valence-electron chi connectivity index (χ3n) is 2.74. The Kier molecular flexibility index (Phi) is 4.25. The molecule has 1 aliphatic rings. The highest BCUT2D eigenvalue weighted by atomic mass is 32.2. The quantitative estimate of drug-likeness (QED) is 0.809. The van der Waals surface area contributed by atoms with Crippen molar-refractivity contribution in [2.45, 2.75) is 24.3 Å². The molecular formula is C13H16N2O2S. The van der Waals surface area contributed by atoms with E-state index in [1.54, 1.807) is 11.8 Å². The molecule has 0 aliphatic carbocycles. The van der Waals surface area contributed by atoms with Gasteiger partial charge >= 0.3 is 0 Å². The smallest absolute Gasteiger partial charge is 0.252 e. The Bertz CT molecular complexity index is 462. The molecule has 0 radical (unpaired) electrons. The van der Waals surface area contributed by atoms with Crippen LogP contribution >= 0.6 is 11.8 Å². The summed E-state index contributed by atoms with van der Waals surface area (Å²) in [5, 5.41) is 5.60. The van der Waals surface area contributed by atoms with Gasteiger partial charge in [0.1, 0.15) is 0 Å². The summed E-state index contributed by atoms with van der Waals surface area (Å²) < 4.78 is 0. The predicted molar refractivity (Wildman–Crippen MR) is 71.7 cm³/mol. The Labute approximate surface area is 111 Å². The van der Waals surface area contributed by atoms with Crippen LogP contribution in [0.4, 0.5) is 0 Å². The van der Waals surface area contributed by atoms with Gasteiger partial charge in [0.05, 0.1) is 11.6 Å². The summed E-state index contributed by atoms with van der Waals surface area (Å²) in [6.07, 6.45) is 0.370. The highest BCUT2D eigenvalue weighted by molar-refractivity contribution is 7.99. The molecule has 0 saturated carbocycles. The van der Waals surface area contributed by atoms with Gasteiger partial charge in [-0.1, -0.05) is 19.1 Å². The number of carbonyl (C=O) groups excluding carboxylic acids is 2. The molecule has 2 amide bonds. The lowest BCUT2D eigenvalue weighted by Crippen LogP contribution is -2.36. The van der Waals surface area contributed by atoms with Crippen LogP contribution in [0.1, 0.15) is 23.7 Å². The maximum atomic E-state index is 12.1. The fourth-order valence-electron chi connectivity index (χ4n) is 1.91. The lowest BCUT2D eigenvalue weighted by molar-refractivity contribution is -0.119. The highest BCUT2D eigenvalue weighted by Gasteiger charge is 2.23. The molecule has 0 spiro atoms. The van der Waals surface area contributed by atoms with E-state index in [2.05, 4.69) is 17.6 Å². The van der Waals surface area contributed by atoms with Crippen LogP contribution in [-0.2, 0) is 4.79 Å². The van der Waals surface area contributed by atoms with Crippen molar-refractivity contribution in [1.82, 2.24) is 10.6 Å². The van der Waals surface area contributed by atoms with Gasteiger partial charge < -0.3 is 10.6 Å². The number of benzene rings is 1. The summed E-state index contributed by atoms with van der Waals surface area (Å²) in [6, 6.07) is 7.45. The number of thioether (sulfide) groups is 1. The molecule has 2 rings (SSSR count). The Morgan fingerprint density at radius 3 is 2.94 bits per heavy atom. The first-order valence-corrected chi connectivity index (χ1v) is 6.98. The summed E-state index contributed by atoms with van der Waals surface area (Å²) >= 11 is 1.65. The van der Waals surface area contributed by atoms with Gasteiger partial charge in [-0.25, -0.2) is 0 Å². The van der Waals surface area contributed by atoms with Crippen molar-refractivity contribution >= 4 is 23.6 Å². The van der Waals surface area contributed by atoms with Crippen LogP contribution in [-0.4, -0.2) is 30.2 Å². The fourth-order valence-corrected chi connectivity index (χ4v) is 2.71. The van der Waals surface area contributed by atoms with Crippen molar-refractivity contribution in [3.8, 4) is 0 Å². The van der Waals surface area contributed by atoms with Crippen molar-refractivity contribution in [1.29, 1.82) is 0 Å². The topological polar surface area (TPSA) is 58.2 Å². The van der Waals surface area contributed by atoms with E-state index in [0.717, 1.165) is 10.6 Å². The predicted octanol–water partition coefficient (Wildman–Crippen LogP) is 1.42. The first-order valence-electron chi connectivity index (χ1n) is 6.00. The lowest BCUT2D eigenvalue weighted by Gasteiger charge is -2.12. The number of amides is 2. The third-order valence-corrected chi connectivity index (χ3v) is 3.70. The average Bonchev–Trinajstić information content (AvgIpc) is 2.76. The lowest BCUT2D eigenvalue weighted by atomic mass is 10.2. The number of rotatable bonds is 4. The van der Waals surface area contributed by atoms with Crippen molar-refractivity contribution < 1.29 is 9.59 Å². The van der Waals surface area contributed by atoms with Gasteiger partial charge in [0, 0.05) is 17.9 Å².